The van der Waals surface area contributed by atoms with Gasteiger partial charge in [0.2, 0.25) is 5.13 Å². The van der Waals surface area contributed by atoms with Crippen LogP contribution >= 0.6 is 11.5 Å². The van der Waals surface area contributed by atoms with E-state index in [9.17, 15) is 0 Å². The van der Waals surface area contributed by atoms with E-state index in [1.54, 1.807) is 7.11 Å². The zero-order valence-corrected chi connectivity index (χ0v) is 9.18. The Kier molecular flexibility index (Phi) is 3.62. The van der Waals surface area contributed by atoms with E-state index < -0.39 is 0 Å². The number of aromatic nitrogens is 2. The zero-order valence-electron chi connectivity index (χ0n) is 8.37. The molecule has 0 saturated carbocycles. The van der Waals surface area contributed by atoms with Gasteiger partial charge in [0.1, 0.15) is 6.10 Å². The smallest absolute Gasteiger partial charge is 0.202 e. The highest BCUT2D eigenvalue weighted by molar-refractivity contribution is 7.09. The maximum atomic E-state index is 5.31. The van der Waals surface area contributed by atoms with Crippen molar-refractivity contribution in [1.82, 2.24) is 9.36 Å². The Hall–Kier alpha value is -0.680. The van der Waals surface area contributed by atoms with Crippen LogP contribution in [-0.4, -0.2) is 23.5 Å². The standard InChI is InChI=1S/C8H15N3OS/c1-5(2)6(12-4)7-10-8(9-3)13-11-7/h5-6H,1-4H3,(H,9,10,11). The lowest BCUT2D eigenvalue weighted by molar-refractivity contribution is 0.0585. The van der Waals surface area contributed by atoms with E-state index in [4.69, 9.17) is 4.74 Å². The van der Waals surface area contributed by atoms with Crippen LogP contribution in [-0.2, 0) is 4.74 Å². The lowest BCUT2D eigenvalue weighted by Crippen LogP contribution is -2.10. The topological polar surface area (TPSA) is 47.0 Å². The minimum absolute atomic E-state index is 0.00153. The van der Waals surface area contributed by atoms with Crippen LogP contribution in [0.3, 0.4) is 0 Å². The fraction of sp³-hybridized carbons (Fsp3) is 0.750. The number of nitrogens with zero attached hydrogens (tertiary/aromatic N) is 2. The normalized spacial score (nSPS) is 13.3. The molecule has 0 aliphatic heterocycles. The summed E-state index contributed by atoms with van der Waals surface area (Å²) in [6, 6.07) is 0. The summed E-state index contributed by atoms with van der Waals surface area (Å²) in [7, 11) is 3.52. The molecule has 74 valence electrons. The van der Waals surface area contributed by atoms with Gasteiger partial charge < -0.3 is 10.1 Å². The molecule has 0 bridgehead atoms. The van der Waals surface area contributed by atoms with E-state index in [1.165, 1.54) is 11.5 Å². The van der Waals surface area contributed by atoms with Crippen LogP contribution in [0.5, 0.6) is 0 Å². The van der Waals surface area contributed by atoms with Crippen molar-refractivity contribution < 1.29 is 4.74 Å². The van der Waals surface area contributed by atoms with Crippen molar-refractivity contribution in [3.05, 3.63) is 5.82 Å². The van der Waals surface area contributed by atoms with E-state index in [1.807, 2.05) is 7.05 Å². The van der Waals surface area contributed by atoms with Crippen LogP contribution in [0.4, 0.5) is 5.13 Å². The van der Waals surface area contributed by atoms with Crippen molar-refractivity contribution in [2.45, 2.75) is 20.0 Å². The van der Waals surface area contributed by atoms with Crippen LogP contribution in [0, 0.1) is 5.92 Å². The molecule has 4 nitrogen and oxygen atoms in total. The molecule has 1 atom stereocenters. The molecule has 1 aromatic rings. The van der Waals surface area contributed by atoms with Gasteiger partial charge in [0.25, 0.3) is 0 Å². The Morgan fingerprint density at radius 1 is 1.46 bits per heavy atom. The average molecular weight is 201 g/mol. The second-order valence-electron chi connectivity index (χ2n) is 3.11. The summed E-state index contributed by atoms with van der Waals surface area (Å²) in [4.78, 5) is 4.29. The van der Waals surface area contributed by atoms with Crippen molar-refractivity contribution in [1.29, 1.82) is 0 Å². The molecule has 0 fully saturated rings. The first-order chi connectivity index (χ1) is 6.19. The molecule has 5 heteroatoms. The number of anilines is 1. The molecule has 0 amide bonds. The van der Waals surface area contributed by atoms with Gasteiger partial charge in [-0.1, -0.05) is 13.8 Å². The molecule has 0 saturated heterocycles. The number of hydrogen-bond acceptors (Lipinski definition) is 5. The molecule has 1 aromatic heterocycles. The summed E-state index contributed by atoms with van der Waals surface area (Å²) in [6.07, 6.45) is -0.00153. The minimum atomic E-state index is -0.00153. The maximum absolute atomic E-state index is 5.31. The van der Waals surface area contributed by atoms with Crippen LogP contribution in [0.1, 0.15) is 25.8 Å². The van der Waals surface area contributed by atoms with Crippen molar-refractivity contribution in [2.24, 2.45) is 5.92 Å². The van der Waals surface area contributed by atoms with Crippen LogP contribution < -0.4 is 5.32 Å². The van der Waals surface area contributed by atoms with Gasteiger partial charge in [-0.15, -0.1) is 0 Å². The number of methoxy groups -OCH3 is 1. The number of ether oxygens (including phenoxy) is 1. The fourth-order valence-corrected chi connectivity index (χ4v) is 1.68. The minimum Gasteiger partial charge on any atom is -0.373 e. The van der Waals surface area contributed by atoms with Gasteiger partial charge >= 0.3 is 0 Å². The molecule has 1 unspecified atom stereocenters. The lowest BCUT2D eigenvalue weighted by atomic mass is 10.1. The predicted octanol–water partition coefficient (Wildman–Crippen LogP) is 1.92. The van der Waals surface area contributed by atoms with Gasteiger partial charge in [0.05, 0.1) is 0 Å². The average Bonchev–Trinajstić information content (AvgIpc) is 2.53. The Labute approximate surface area is 82.5 Å². The first-order valence-electron chi connectivity index (χ1n) is 4.23. The van der Waals surface area contributed by atoms with Gasteiger partial charge in [0, 0.05) is 25.7 Å². The monoisotopic (exact) mass is 201 g/mol. The van der Waals surface area contributed by atoms with Crippen LogP contribution in [0.15, 0.2) is 0 Å². The molecule has 1 heterocycles. The quantitative estimate of drug-likeness (QED) is 0.808. The van der Waals surface area contributed by atoms with E-state index in [0.29, 0.717) is 5.92 Å². The molecular weight excluding hydrogens is 186 g/mol. The molecule has 1 N–H and O–H groups in total. The van der Waals surface area contributed by atoms with Gasteiger partial charge in [-0.25, -0.2) is 4.98 Å². The van der Waals surface area contributed by atoms with Crippen LogP contribution in [0.2, 0.25) is 0 Å². The highest BCUT2D eigenvalue weighted by Gasteiger charge is 2.19. The molecule has 0 aromatic carbocycles. The first-order valence-corrected chi connectivity index (χ1v) is 5.00. The molecule has 0 aliphatic rings. The summed E-state index contributed by atoms with van der Waals surface area (Å²) in [5.41, 5.74) is 0. The van der Waals surface area contributed by atoms with Crippen molar-refractivity contribution in [2.75, 3.05) is 19.5 Å². The summed E-state index contributed by atoms with van der Waals surface area (Å²) in [5, 5.41) is 3.79. The third-order valence-electron chi connectivity index (χ3n) is 1.77. The zero-order chi connectivity index (χ0) is 9.84. The lowest BCUT2D eigenvalue weighted by Gasteiger charge is -2.14. The number of nitrogens with one attached hydrogen (secondary N) is 1. The fourth-order valence-electron chi connectivity index (χ4n) is 1.13. The number of hydrogen-bond donors (Lipinski definition) is 1. The van der Waals surface area contributed by atoms with Gasteiger partial charge in [-0.2, -0.15) is 4.37 Å². The SMILES string of the molecule is CNc1nc(C(OC)C(C)C)ns1. The maximum Gasteiger partial charge on any atom is 0.202 e. The molecule has 0 spiro atoms. The summed E-state index contributed by atoms with van der Waals surface area (Å²) in [6.45, 7) is 4.18. The van der Waals surface area contributed by atoms with Gasteiger partial charge in [0.15, 0.2) is 5.82 Å². The van der Waals surface area contributed by atoms with Crippen molar-refractivity contribution in [3.8, 4) is 0 Å². The summed E-state index contributed by atoms with van der Waals surface area (Å²) >= 11 is 1.36. The second-order valence-corrected chi connectivity index (χ2v) is 3.86. The van der Waals surface area contributed by atoms with Crippen molar-refractivity contribution >= 4 is 16.7 Å². The van der Waals surface area contributed by atoms with Gasteiger partial charge in [-0.3, -0.25) is 0 Å². The largest absolute Gasteiger partial charge is 0.373 e. The van der Waals surface area contributed by atoms with Gasteiger partial charge in [-0.05, 0) is 5.92 Å². The molecule has 13 heavy (non-hydrogen) atoms. The molecule has 0 aliphatic carbocycles. The molecule has 1 rings (SSSR count). The Bertz CT molecular complexity index is 262. The molecular formula is C8H15N3OS. The predicted molar refractivity (Wildman–Crippen MR) is 54.0 cm³/mol. The Balaban J connectivity index is 2.79. The molecule has 0 radical (unpaired) electrons. The highest BCUT2D eigenvalue weighted by atomic mass is 32.1. The van der Waals surface area contributed by atoms with E-state index >= 15 is 0 Å². The third-order valence-corrected chi connectivity index (χ3v) is 2.52. The third kappa shape index (κ3) is 2.38. The Morgan fingerprint density at radius 3 is 2.54 bits per heavy atom. The summed E-state index contributed by atoms with van der Waals surface area (Å²) < 4.78 is 9.53. The number of rotatable bonds is 4. The highest BCUT2D eigenvalue weighted by Crippen LogP contribution is 2.24. The van der Waals surface area contributed by atoms with E-state index in [2.05, 4.69) is 28.5 Å². The second kappa shape index (κ2) is 4.53. The summed E-state index contributed by atoms with van der Waals surface area (Å²) in [5.74, 6) is 1.16. The van der Waals surface area contributed by atoms with Crippen molar-refractivity contribution in [3.63, 3.8) is 0 Å². The van der Waals surface area contributed by atoms with E-state index in [-0.39, 0.29) is 6.10 Å². The Morgan fingerprint density at radius 2 is 2.15 bits per heavy atom. The van der Waals surface area contributed by atoms with Crippen LogP contribution in [0.25, 0.3) is 0 Å². The first kappa shape index (κ1) is 10.4. The van der Waals surface area contributed by atoms with E-state index in [0.717, 1.165) is 11.0 Å².